The quantitative estimate of drug-likeness (QED) is 0.764. The molecule has 7 heteroatoms. The molecule has 0 radical (unpaired) electrons. The minimum atomic E-state index is -3.47. The number of nitrogens with zero attached hydrogens (tertiary/aromatic N) is 3. The zero-order chi connectivity index (χ0) is 13.3. The van der Waals surface area contributed by atoms with Gasteiger partial charge in [0.15, 0.2) is 0 Å². The number of halogens is 1. The molecule has 1 aromatic heterocycles. The second kappa shape index (κ2) is 5.13. The zero-order valence-corrected chi connectivity index (χ0v) is 11.9. The van der Waals surface area contributed by atoms with Gasteiger partial charge in [-0.15, -0.1) is 0 Å². The SMILES string of the molecule is CC1CN(C)CCN1S(=O)(=O)c1ccc(Cl)nc1. The van der Waals surface area contributed by atoms with Crippen LogP contribution in [0.25, 0.3) is 0 Å². The summed E-state index contributed by atoms with van der Waals surface area (Å²) in [4.78, 5) is 6.15. The molecule has 1 unspecified atom stereocenters. The number of piperazine rings is 1. The van der Waals surface area contributed by atoms with Gasteiger partial charge in [0.2, 0.25) is 10.0 Å². The highest BCUT2D eigenvalue weighted by Crippen LogP contribution is 2.21. The van der Waals surface area contributed by atoms with E-state index < -0.39 is 10.0 Å². The summed E-state index contributed by atoms with van der Waals surface area (Å²) in [6.07, 6.45) is 1.31. The molecule has 0 N–H and O–H groups in total. The standard InChI is InChI=1S/C11H16ClN3O2S/c1-9-8-14(2)5-6-15(9)18(16,17)10-3-4-11(12)13-7-10/h3-4,7,9H,5-6,8H2,1-2H3. The molecule has 2 rings (SSSR count). The van der Waals surface area contributed by atoms with Crippen LogP contribution in [0.3, 0.4) is 0 Å². The van der Waals surface area contributed by atoms with Gasteiger partial charge in [-0.25, -0.2) is 13.4 Å². The van der Waals surface area contributed by atoms with Crippen molar-refractivity contribution in [3.63, 3.8) is 0 Å². The highest BCUT2D eigenvalue weighted by Gasteiger charge is 2.32. The van der Waals surface area contributed by atoms with Crippen molar-refractivity contribution in [1.29, 1.82) is 0 Å². The lowest BCUT2D eigenvalue weighted by Gasteiger charge is -2.37. The number of sulfonamides is 1. The monoisotopic (exact) mass is 289 g/mol. The van der Waals surface area contributed by atoms with Crippen molar-refractivity contribution in [3.05, 3.63) is 23.5 Å². The smallest absolute Gasteiger partial charge is 0.244 e. The van der Waals surface area contributed by atoms with Crippen LogP contribution in [0.5, 0.6) is 0 Å². The average molecular weight is 290 g/mol. The lowest BCUT2D eigenvalue weighted by atomic mass is 10.2. The molecule has 0 spiro atoms. The first-order chi connectivity index (χ1) is 8.41. The predicted molar refractivity (Wildman–Crippen MR) is 70.1 cm³/mol. The van der Waals surface area contributed by atoms with Gasteiger partial charge < -0.3 is 4.90 Å². The summed E-state index contributed by atoms with van der Waals surface area (Å²) < 4.78 is 26.4. The first-order valence-corrected chi connectivity index (χ1v) is 7.55. The van der Waals surface area contributed by atoms with Crippen molar-refractivity contribution in [2.45, 2.75) is 17.9 Å². The Morgan fingerprint density at radius 2 is 2.11 bits per heavy atom. The number of likely N-dealkylation sites (N-methyl/N-ethyl adjacent to an activating group) is 1. The largest absolute Gasteiger partial charge is 0.303 e. The van der Waals surface area contributed by atoms with E-state index in [9.17, 15) is 8.42 Å². The third-order valence-electron chi connectivity index (χ3n) is 3.08. The summed E-state index contributed by atoms with van der Waals surface area (Å²) in [5, 5.41) is 0.292. The van der Waals surface area contributed by atoms with E-state index in [1.807, 2.05) is 14.0 Å². The van der Waals surface area contributed by atoms with Crippen molar-refractivity contribution in [2.24, 2.45) is 0 Å². The van der Waals surface area contributed by atoms with Crippen LogP contribution < -0.4 is 0 Å². The number of rotatable bonds is 2. The maximum Gasteiger partial charge on any atom is 0.244 e. The molecule has 0 amide bonds. The minimum absolute atomic E-state index is 0.0376. The van der Waals surface area contributed by atoms with Crippen LogP contribution in [0, 0.1) is 0 Å². The van der Waals surface area contributed by atoms with Crippen LogP contribution in [0.1, 0.15) is 6.92 Å². The Kier molecular flexibility index (Phi) is 3.91. The fourth-order valence-electron chi connectivity index (χ4n) is 2.13. The number of hydrogen-bond acceptors (Lipinski definition) is 4. The lowest BCUT2D eigenvalue weighted by molar-refractivity contribution is 0.170. The van der Waals surface area contributed by atoms with Crippen molar-refractivity contribution in [1.82, 2.24) is 14.2 Å². The molecule has 1 aliphatic heterocycles. The van der Waals surface area contributed by atoms with E-state index in [0.717, 1.165) is 13.1 Å². The zero-order valence-electron chi connectivity index (χ0n) is 10.4. The van der Waals surface area contributed by atoms with Crippen LogP contribution in [-0.4, -0.2) is 55.3 Å². The Morgan fingerprint density at radius 1 is 1.39 bits per heavy atom. The average Bonchev–Trinajstić information content (AvgIpc) is 2.29. The maximum absolute atomic E-state index is 12.4. The molecule has 100 valence electrons. The molecule has 0 aliphatic carbocycles. The first kappa shape index (κ1) is 13.7. The molecule has 0 bridgehead atoms. The lowest BCUT2D eigenvalue weighted by Crippen LogP contribution is -2.52. The van der Waals surface area contributed by atoms with E-state index in [-0.39, 0.29) is 10.9 Å². The molecular weight excluding hydrogens is 274 g/mol. The Bertz CT molecular complexity index is 518. The van der Waals surface area contributed by atoms with Gasteiger partial charge in [0.05, 0.1) is 0 Å². The Labute approximate surface area is 112 Å². The van der Waals surface area contributed by atoms with E-state index in [1.54, 1.807) is 0 Å². The second-order valence-electron chi connectivity index (χ2n) is 4.54. The van der Waals surface area contributed by atoms with Gasteiger partial charge >= 0.3 is 0 Å². The van der Waals surface area contributed by atoms with Crippen LogP contribution >= 0.6 is 11.6 Å². The number of pyridine rings is 1. The molecule has 1 fully saturated rings. The van der Waals surface area contributed by atoms with E-state index in [2.05, 4.69) is 9.88 Å². The van der Waals surface area contributed by atoms with Crippen molar-refractivity contribution in [3.8, 4) is 0 Å². The highest BCUT2D eigenvalue weighted by atomic mass is 35.5. The highest BCUT2D eigenvalue weighted by molar-refractivity contribution is 7.89. The van der Waals surface area contributed by atoms with E-state index in [4.69, 9.17) is 11.6 Å². The van der Waals surface area contributed by atoms with Crippen molar-refractivity contribution < 1.29 is 8.42 Å². The predicted octanol–water partition coefficient (Wildman–Crippen LogP) is 1.06. The van der Waals surface area contributed by atoms with Crippen molar-refractivity contribution >= 4 is 21.6 Å². The summed E-state index contributed by atoms with van der Waals surface area (Å²) in [6.45, 7) is 3.89. The van der Waals surface area contributed by atoms with E-state index in [0.29, 0.717) is 11.7 Å². The van der Waals surface area contributed by atoms with Gasteiger partial charge in [-0.05, 0) is 26.1 Å². The normalized spacial score (nSPS) is 23.2. The Morgan fingerprint density at radius 3 is 2.67 bits per heavy atom. The summed E-state index contributed by atoms with van der Waals surface area (Å²) in [5.74, 6) is 0. The molecule has 0 aromatic carbocycles. The van der Waals surface area contributed by atoms with Gasteiger partial charge in [-0.1, -0.05) is 11.6 Å². The Balaban J connectivity index is 2.28. The molecular formula is C11H16ClN3O2S. The molecule has 1 aliphatic rings. The van der Waals surface area contributed by atoms with Gasteiger partial charge in [0.25, 0.3) is 0 Å². The first-order valence-electron chi connectivity index (χ1n) is 5.73. The van der Waals surface area contributed by atoms with E-state index in [1.165, 1.54) is 22.6 Å². The third kappa shape index (κ3) is 2.66. The van der Waals surface area contributed by atoms with Gasteiger partial charge in [0, 0.05) is 31.9 Å². The molecule has 0 saturated carbocycles. The van der Waals surface area contributed by atoms with Crippen LogP contribution in [0.15, 0.2) is 23.2 Å². The molecule has 1 aromatic rings. The number of hydrogen-bond donors (Lipinski definition) is 0. The summed E-state index contributed by atoms with van der Waals surface area (Å²) in [5.41, 5.74) is 0. The maximum atomic E-state index is 12.4. The Hall–Kier alpha value is -0.690. The summed E-state index contributed by atoms with van der Waals surface area (Å²) >= 11 is 5.67. The molecule has 1 saturated heterocycles. The fourth-order valence-corrected chi connectivity index (χ4v) is 3.80. The topological polar surface area (TPSA) is 53.5 Å². The van der Waals surface area contributed by atoms with Crippen LogP contribution in [0.4, 0.5) is 0 Å². The third-order valence-corrected chi connectivity index (χ3v) is 5.30. The van der Waals surface area contributed by atoms with Crippen LogP contribution in [-0.2, 0) is 10.0 Å². The summed E-state index contributed by atoms with van der Waals surface area (Å²) in [7, 11) is -1.48. The summed E-state index contributed by atoms with van der Waals surface area (Å²) in [6, 6.07) is 2.95. The number of aromatic nitrogens is 1. The second-order valence-corrected chi connectivity index (χ2v) is 6.82. The van der Waals surface area contributed by atoms with Crippen molar-refractivity contribution in [2.75, 3.05) is 26.7 Å². The van der Waals surface area contributed by atoms with Crippen LogP contribution in [0.2, 0.25) is 5.15 Å². The van der Waals surface area contributed by atoms with Gasteiger partial charge in [-0.2, -0.15) is 4.31 Å². The molecule has 18 heavy (non-hydrogen) atoms. The molecule has 5 nitrogen and oxygen atoms in total. The van der Waals surface area contributed by atoms with E-state index >= 15 is 0 Å². The van der Waals surface area contributed by atoms with Gasteiger partial charge in [0.1, 0.15) is 10.0 Å². The minimum Gasteiger partial charge on any atom is -0.303 e. The molecule has 2 heterocycles. The van der Waals surface area contributed by atoms with Gasteiger partial charge in [-0.3, -0.25) is 0 Å². The fraction of sp³-hybridized carbons (Fsp3) is 0.545. The molecule has 1 atom stereocenters.